The SMILES string of the molecule is [B]c1ccc(/C(C)=C2\CC(c3c(C)cccc3C=C)CC2C=C)c(C)c1. The Morgan fingerprint density at radius 1 is 1.12 bits per heavy atom. The zero-order valence-corrected chi connectivity index (χ0v) is 16.2. The fourth-order valence-electron chi connectivity index (χ4n) is 4.56. The van der Waals surface area contributed by atoms with Crippen LogP contribution in [0.25, 0.3) is 11.6 Å². The van der Waals surface area contributed by atoms with Crippen LogP contribution in [0, 0.1) is 19.8 Å². The van der Waals surface area contributed by atoms with E-state index in [1.54, 1.807) is 0 Å². The van der Waals surface area contributed by atoms with E-state index in [1.165, 1.54) is 39.0 Å². The highest BCUT2D eigenvalue weighted by Crippen LogP contribution is 2.47. The highest BCUT2D eigenvalue weighted by molar-refractivity contribution is 6.32. The van der Waals surface area contributed by atoms with Gasteiger partial charge in [0.25, 0.3) is 0 Å². The van der Waals surface area contributed by atoms with Gasteiger partial charge in [0.15, 0.2) is 0 Å². The van der Waals surface area contributed by atoms with Crippen LogP contribution in [0.2, 0.25) is 0 Å². The van der Waals surface area contributed by atoms with Crippen LogP contribution in [0.1, 0.15) is 53.5 Å². The van der Waals surface area contributed by atoms with Gasteiger partial charge < -0.3 is 0 Å². The van der Waals surface area contributed by atoms with Gasteiger partial charge in [-0.15, -0.1) is 6.58 Å². The van der Waals surface area contributed by atoms with E-state index in [9.17, 15) is 0 Å². The van der Waals surface area contributed by atoms with Crippen LogP contribution in [0.15, 0.2) is 61.2 Å². The summed E-state index contributed by atoms with van der Waals surface area (Å²) in [6, 6.07) is 12.7. The molecule has 0 aliphatic heterocycles. The van der Waals surface area contributed by atoms with Crippen LogP contribution in [0.5, 0.6) is 0 Å². The molecule has 2 atom stereocenters. The van der Waals surface area contributed by atoms with Gasteiger partial charge in [-0.25, -0.2) is 0 Å². The molecule has 2 aromatic rings. The topological polar surface area (TPSA) is 0 Å². The molecule has 0 saturated heterocycles. The first kappa shape index (κ1) is 18.5. The molecule has 1 heteroatoms. The van der Waals surface area contributed by atoms with Gasteiger partial charge in [-0.2, -0.15) is 0 Å². The molecule has 26 heavy (non-hydrogen) atoms. The van der Waals surface area contributed by atoms with E-state index < -0.39 is 0 Å². The van der Waals surface area contributed by atoms with Crippen molar-refractivity contribution in [2.24, 2.45) is 5.92 Å². The summed E-state index contributed by atoms with van der Waals surface area (Å²) in [4.78, 5) is 0. The molecule has 0 heterocycles. The molecule has 0 nitrogen and oxygen atoms in total. The van der Waals surface area contributed by atoms with Crippen LogP contribution in [0.3, 0.4) is 0 Å². The number of hydrogen-bond acceptors (Lipinski definition) is 0. The fraction of sp³-hybridized carbons (Fsp3) is 0.280. The van der Waals surface area contributed by atoms with E-state index in [1.807, 2.05) is 12.1 Å². The Bertz CT molecular complexity index is 885. The minimum Gasteiger partial charge on any atom is -0.102 e. The molecule has 1 fully saturated rings. The lowest BCUT2D eigenvalue weighted by atomic mass is 9.87. The highest BCUT2D eigenvalue weighted by Gasteiger charge is 2.31. The summed E-state index contributed by atoms with van der Waals surface area (Å²) in [7, 11) is 5.94. The standard InChI is InChI=1S/C25H27B/c1-6-19-10-8-9-16(3)25(19)21-14-20(7-2)24(15-21)18(5)23-12-11-22(26)13-17(23)4/h6-13,20-21H,1-2,14-15H2,3-5H3/b24-18+. The van der Waals surface area contributed by atoms with E-state index in [0.29, 0.717) is 11.8 Å². The molecular weight excluding hydrogens is 311 g/mol. The summed E-state index contributed by atoms with van der Waals surface area (Å²) in [6.07, 6.45) is 6.31. The minimum absolute atomic E-state index is 0.425. The average molecular weight is 338 g/mol. The molecule has 3 rings (SSSR count). The van der Waals surface area contributed by atoms with Crippen molar-refractivity contribution in [3.8, 4) is 0 Å². The van der Waals surface area contributed by atoms with Crippen LogP contribution in [-0.2, 0) is 0 Å². The largest absolute Gasteiger partial charge is 0.113 e. The van der Waals surface area contributed by atoms with Crippen LogP contribution < -0.4 is 5.46 Å². The smallest absolute Gasteiger partial charge is 0.102 e. The monoisotopic (exact) mass is 338 g/mol. The Morgan fingerprint density at radius 3 is 2.54 bits per heavy atom. The lowest BCUT2D eigenvalue weighted by Gasteiger charge is -2.17. The van der Waals surface area contributed by atoms with Crippen molar-refractivity contribution in [1.29, 1.82) is 0 Å². The van der Waals surface area contributed by atoms with E-state index in [2.05, 4.69) is 70.3 Å². The summed E-state index contributed by atoms with van der Waals surface area (Å²) in [5.74, 6) is 0.945. The van der Waals surface area contributed by atoms with Gasteiger partial charge in [-0.3, -0.25) is 0 Å². The van der Waals surface area contributed by atoms with E-state index in [0.717, 1.165) is 18.3 Å². The zero-order valence-electron chi connectivity index (χ0n) is 16.2. The Kier molecular flexibility index (Phi) is 5.37. The summed E-state index contributed by atoms with van der Waals surface area (Å²) >= 11 is 0. The predicted molar refractivity (Wildman–Crippen MR) is 116 cm³/mol. The molecule has 2 radical (unpaired) electrons. The lowest BCUT2D eigenvalue weighted by Crippen LogP contribution is -2.04. The second kappa shape index (κ2) is 7.54. The maximum atomic E-state index is 5.94. The molecule has 2 unspecified atom stereocenters. The highest BCUT2D eigenvalue weighted by atomic mass is 14.4. The van der Waals surface area contributed by atoms with Crippen molar-refractivity contribution in [3.63, 3.8) is 0 Å². The van der Waals surface area contributed by atoms with Gasteiger partial charge in [-0.05, 0) is 78.8 Å². The van der Waals surface area contributed by atoms with Crippen molar-refractivity contribution >= 4 is 25.0 Å². The van der Waals surface area contributed by atoms with Crippen molar-refractivity contribution in [1.82, 2.24) is 0 Å². The van der Waals surface area contributed by atoms with Crippen molar-refractivity contribution in [3.05, 3.63) is 89.0 Å². The average Bonchev–Trinajstić information content (AvgIpc) is 3.04. The minimum atomic E-state index is 0.425. The molecule has 0 aromatic heterocycles. The van der Waals surface area contributed by atoms with E-state index in [4.69, 9.17) is 7.85 Å². The van der Waals surface area contributed by atoms with Gasteiger partial charge in [-0.1, -0.05) is 66.2 Å². The zero-order chi connectivity index (χ0) is 18.8. The normalized spacial score (nSPS) is 21.5. The fourth-order valence-corrected chi connectivity index (χ4v) is 4.56. The number of hydrogen-bond donors (Lipinski definition) is 0. The summed E-state index contributed by atoms with van der Waals surface area (Å²) in [5, 5.41) is 0. The molecule has 0 amide bonds. The van der Waals surface area contributed by atoms with Gasteiger partial charge in [0, 0.05) is 0 Å². The van der Waals surface area contributed by atoms with Crippen LogP contribution in [0.4, 0.5) is 0 Å². The second-order valence-corrected chi connectivity index (χ2v) is 7.49. The molecule has 0 N–H and O–H groups in total. The van der Waals surface area contributed by atoms with Gasteiger partial charge in [0.2, 0.25) is 0 Å². The van der Waals surface area contributed by atoms with Crippen molar-refractivity contribution in [2.75, 3.05) is 0 Å². The number of aryl methyl sites for hydroxylation is 2. The Hall–Kier alpha value is -2.28. The summed E-state index contributed by atoms with van der Waals surface area (Å²) in [5.41, 5.74) is 10.3. The predicted octanol–water partition coefficient (Wildman–Crippen LogP) is 5.89. The Morgan fingerprint density at radius 2 is 1.88 bits per heavy atom. The van der Waals surface area contributed by atoms with E-state index in [-0.39, 0.29) is 0 Å². The van der Waals surface area contributed by atoms with Crippen LogP contribution in [-0.4, -0.2) is 7.85 Å². The quantitative estimate of drug-likeness (QED) is 0.481. The number of allylic oxidation sites excluding steroid dienone is 3. The maximum Gasteiger partial charge on any atom is 0.113 e. The van der Waals surface area contributed by atoms with E-state index >= 15 is 0 Å². The summed E-state index contributed by atoms with van der Waals surface area (Å²) in [6.45, 7) is 14.7. The lowest BCUT2D eigenvalue weighted by molar-refractivity contribution is 0.672. The van der Waals surface area contributed by atoms with Crippen molar-refractivity contribution in [2.45, 2.75) is 39.5 Å². The molecule has 1 aliphatic rings. The molecule has 130 valence electrons. The Labute approximate surface area is 159 Å². The third-order valence-corrected chi connectivity index (χ3v) is 5.86. The first-order valence-electron chi connectivity index (χ1n) is 9.36. The number of rotatable bonds is 4. The van der Waals surface area contributed by atoms with Gasteiger partial charge in [0.1, 0.15) is 7.85 Å². The first-order chi connectivity index (χ1) is 12.5. The first-order valence-corrected chi connectivity index (χ1v) is 9.36. The third-order valence-electron chi connectivity index (χ3n) is 5.86. The third kappa shape index (κ3) is 3.36. The number of benzene rings is 2. The molecule has 0 spiro atoms. The van der Waals surface area contributed by atoms with Gasteiger partial charge >= 0.3 is 0 Å². The molecule has 2 aromatic carbocycles. The second-order valence-electron chi connectivity index (χ2n) is 7.49. The molecule has 1 saturated carbocycles. The maximum absolute atomic E-state index is 5.94. The molecule has 0 bridgehead atoms. The van der Waals surface area contributed by atoms with Gasteiger partial charge in [0.05, 0.1) is 0 Å². The molecular formula is C25H27B. The Balaban J connectivity index is 2.05. The van der Waals surface area contributed by atoms with Crippen LogP contribution >= 0.6 is 0 Å². The van der Waals surface area contributed by atoms with Crippen molar-refractivity contribution < 1.29 is 0 Å². The molecule has 1 aliphatic carbocycles. The summed E-state index contributed by atoms with van der Waals surface area (Å²) < 4.78 is 0.